The van der Waals surface area contributed by atoms with Crippen molar-refractivity contribution in [3.05, 3.63) is 70.7 Å². The lowest BCUT2D eigenvalue weighted by atomic mass is 10.0. The van der Waals surface area contributed by atoms with Gasteiger partial charge in [-0.2, -0.15) is 0 Å². The molecule has 2 aromatic carbocycles. The summed E-state index contributed by atoms with van der Waals surface area (Å²) >= 11 is 22.6. The van der Waals surface area contributed by atoms with E-state index >= 15 is 0 Å². The number of benzene rings is 2. The van der Waals surface area contributed by atoms with Crippen LogP contribution in [0.4, 0.5) is 0 Å². The molecule has 0 heterocycles. The van der Waals surface area contributed by atoms with Gasteiger partial charge in [0.2, 0.25) is 0 Å². The monoisotopic (exact) mass is 402 g/mol. The van der Waals surface area contributed by atoms with Crippen molar-refractivity contribution >= 4 is 58.0 Å². The Morgan fingerprint density at radius 1 is 1.00 bits per heavy atom. The number of aliphatic imine (C=N–C) groups is 1. The maximum absolute atomic E-state index is 11.5. The maximum atomic E-state index is 11.5. The lowest BCUT2D eigenvalue weighted by Gasteiger charge is -2.11. The number of hydrogen-bond donors (Lipinski definition) is 1. The van der Waals surface area contributed by atoms with Crippen LogP contribution in [0.5, 0.6) is 0 Å². The van der Waals surface area contributed by atoms with Gasteiger partial charge in [-0.3, -0.25) is 9.79 Å². The molecule has 1 N–H and O–H groups in total. The van der Waals surface area contributed by atoms with E-state index in [9.17, 15) is 4.79 Å². The van der Waals surface area contributed by atoms with Crippen LogP contribution in [0.3, 0.4) is 0 Å². The van der Waals surface area contributed by atoms with Crippen molar-refractivity contribution in [3.63, 3.8) is 0 Å². The molecule has 7 heteroatoms. The van der Waals surface area contributed by atoms with E-state index in [-0.39, 0.29) is 6.54 Å². The summed E-state index contributed by atoms with van der Waals surface area (Å²) in [5, 5.41) is 3.15. The molecule has 0 aliphatic heterocycles. The smallest absolute Gasteiger partial charge is 0.272 e. The fourth-order valence-electron chi connectivity index (χ4n) is 2.02. The zero-order valence-electron chi connectivity index (χ0n) is 12.5. The molecule has 126 valence electrons. The molecule has 0 fully saturated rings. The number of alkyl halides is 3. The Hall–Kier alpha value is -1.26. The number of carbonyl (C=O) groups excluding carboxylic acids is 1. The molecule has 24 heavy (non-hydrogen) atoms. The molecule has 0 bridgehead atoms. The molecule has 0 unspecified atom stereocenters. The van der Waals surface area contributed by atoms with Crippen molar-refractivity contribution in [3.8, 4) is 0 Å². The number of amides is 1. The van der Waals surface area contributed by atoms with Crippen molar-refractivity contribution in [1.29, 1.82) is 0 Å². The highest BCUT2D eigenvalue weighted by molar-refractivity contribution is 6.76. The van der Waals surface area contributed by atoms with Gasteiger partial charge < -0.3 is 5.32 Å². The minimum Gasteiger partial charge on any atom is -0.351 e. The van der Waals surface area contributed by atoms with Crippen LogP contribution in [0.25, 0.3) is 0 Å². The summed E-state index contributed by atoms with van der Waals surface area (Å²) in [5.74, 6) is -0.674. The summed E-state index contributed by atoms with van der Waals surface area (Å²) in [6, 6.07) is 17.1. The molecule has 1 amide bonds. The van der Waals surface area contributed by atoms with E-state index in [1.807, 2.05) is 48.5 Å². The maximum Gasteiger partial charge on any atom is 0.272 e. The van der Waals surface area contributed by atoms with Crippen molar-refractivity contribution < 1.29 is 4.79 Å². The standard InChI is InChI=1S/C17H14Cl4N2O/c18-14-8-4-7-13(11-14)15(12-5-2-1-3-6-12)22-9-10-23-16(24)17(19,20)21/h1-8,11H,9-10H2,(H,23,24). The summed E-state index contributed by atoms with van der Waals surface area (Å²) in [6.45, 7) is 0.590. The molecule has 3 nitrogen and oxygen atoms in total. The van der Waals surface area contributed by atoms with Crippen molar-refractivity contribution in [2.45, 2.75) is 3.79 Å². The molecule has 0 spiro atoms. The summed E-state index contributed by atoms with van der Waals surface area (Å²) in [5.41, 5.74) is 2.62. The number of hydrogen-bond acceptors (Lipinski definition) is 2. The van der Waals surface area contributed by atoms with Crippen LogP contribution in [0, 0.1) is 0 Å². The van der Waals surface area contributed by atoms with E-state index in [0.29, 0.717) is 11.6 Å². The van der Waals surface area contributed by atoms with Gasteiger partial charge in [-0.1, -0.05) is 88.9 Å². The molecule has 0 radical (unpaired) electrons. The average molecular weight is 404 g/mol. The van der Waals surface area contributed by atoms with Gasteiger partial charge >= 0.3 is 0 Å². The van der Waals surface area contributed by atoms with Gasteiger partial charge in [0.15, 0.2) is 0 Å². The molecular formula is C17H14Cl4N2O. The Kier molecular flexibility index (Phi) is 6.93. The fourth-order valence-corrected chi connectivity index (χ4v) is 2.41. The van der Waals surface area contributed by atoms with Crippen molar-refractivity contribution in [1.82, 2.24) is 5.32 Å². The first kappa shape index (κ1) is 19.1. The summed E-state index contributed by atoms with van der Waals surface area (Å²) in [6.07, 6.45) is 0. The van der Waals surface area contributed by atoms with E-state index in [1.54, 1.807) is 6.07 Å². The van der Waals surface area contributed by atoms with Gasteiger partial charge in [0, 0.05) is 22.7 Å². The fraction of sp³-hybridized carbons (Fsp3) is 0.176. The SMILES string of the molecule is O=C(NCCN=C(c1ccccc1)c1cccc(Cl)c1)C(Cl)(Cl)Cl. The second kappa shape index (κ2) is 8.72. The Morgan fingerprint density at radius 2 is 1.67 bits per heavy atom. The van der Waals surface area contributed by atoms with Gasteiger partial charge in [-0.05, 0) is 12.1 Å². The Bertz CT molecular complexity index is 727. The molecular weight excluding hydrogens is 390 g/mol. The third-order valence-corrected chi connectivity index (χ3v) is 3.82. The normalized spacial score (nSPS) is 12.1. The van der Waals surface area contributed by atoms with Crippen molar-refractivity contribution in [2.24, 2.45) is 4.99 Å². The van der Waals surface area contributed by atoms with E-state index in [4.69, 9.17) is 46.4 Å². The van der Waals surface area contributed by atoms with Crippen LogP contribution in [0.1, 0.15) is 11.1 Å². The molecule has 0 aliphatic carbocycles. The van der Waals surface area contributed by atoms with Crippen LogP contribution in [-0.4, -0.2) is 28.5 Å². The van der Waals surface area contributed by atoms with Crippen LogP contribution >= 0.6 is 46.4 Å². The number of carbonyl (C=O) groups is 1. The topological polar surface area (TPSA) is 41.5 Å². The van der Waals surface area contributed by atoms with Crippen LogP contribution < -0.4 is 5.32 Å². The molecule has 0 atom stereocenters. The highest BCUT2D eigenvalue weighted by atomic mass is 35.6. The van der Waals surface area contributed by atoms with Crippen LogP contribution in [0.15, 0.2) is 59.6 Å². The van der Waals surface area contributed by atoms with Gasteiger partial charge in [0.1, 0.15) is 0 Å². The van der Waals surface area contributed by atoms with Crippen molar-refractivity contribution in [2.75, 3.05) is 13.1 Å². The zero-order chi connectivity index (χ0) is 17.6. The van der Waals surface area contributed by atoms with Gasteiger partial charge in [-0.25, -0.2) is 0 Å². The van der Waals surface area contributed by atoms with Crippen LogP contribution in [0.2, 0.25) is 5.02 Å². The van der Waals surface area contributed by atoms with E-state index in [1.165, 1.54) is 0 Å². The first-order valence-electron chi connectivity index (χ1n) is 7.09. The number of rotatable bonds is 5. The highest BCUT2D eigenvalue weighted by Gasteiger charge is 2.29. The molecule has 0 aromatic heterocycles. The lowest BCUT2D eigenvalue weighted by Crippen LogP contribution is -2.36. The molecule has 2 rings (SSSR count). The predicted molar refractivity (Wildman–Crippen MR) is 102 cm³/mol. The first-order chi connectivity index (χ1) is 11.4. The third kappa shape index (κ3) is 5.67. The van der Waals surface area contributed by atoms with E-state index in [2.05, 4.69) is 10.3 Å². The Morgan fingerprint density at radius 3 is 2.29 bits per heavy atom. The lowest BCUT2D eigenvalue weighted by molar-refractivity contribution is -0.120. The van der Waals surface area contributed by atoms with E-state index in [0.717, 1.165) is 16.8 Å². The zero-order valence-corrected chi connectivity index (χ0v) is 15.5. The summed E-state index contributed by atoms with van der Waals surface area (Å²) in [4.78, 5) is 16.1. The minimum atomic E-state index is -1.97. The predicted octanol–water partition coefficient (Wildman–Crippen LogP) is 4.66. The second-order valence-electron chi connectivity index (χ2n) is 4.86. The third-order valence-electron chi connectivity index (χ3n) is 3.07. The van der Waals surface area contributed by atoms with Crippen LogP contribution in [-0.2, 0) is 4.79 Å². The minimum absolute atomic E-state index is 0.254. The average Bonchev–Trinajstić information content (AvgIpc) is 2.54. The first-order valence-corrected chi connectivity index (χ1v) is 8.60. The summed E-state index contributed by atoms with van der Waals surface area (Å²) < 4.78 is -1.97. The Balaban J connectivity index is 2.16. The molecule has 0 aliphatic rings. The molecule has 2 aromatic rings. The van der Waals surface area contributed by atoms with Gasteiger partial charge in [0.05, 0.1) is 12.3 Å². The Labute approximate surface area is 160 Å². The van der Waals surface area contributed by atoms with Gasteiger partial charge in [-0.15, -0.1) is 0 Å². The molecule has 0 saturated carbocycles. The number of halogens is 4. The molecule has 0 saturated heterocycles. The van der Waals surface area contributed by atoms with E-state index < -0.39 is 9.70 Å². The quantitative estimate of drug-likeness (QED) is 0.440. The largest absolute Gasteiger partial charge is 0.351 e. The van der Waals surface area contributed by atoms with Gasteiger partial charge in [0.25, 0.3) is 9.70 Å². The number of nitrogens with one attached hydrogen (secondary N) is 1. The second-order valence-corrected chi connectivity index (χ2v) is 7.58. The number of nitrogens with zero attached hydrogens (tertiary/aromatic N) is 1. The summed E-state index contributed by atoms with van der Waals surface area (Å²) in [7, 11) is 0. The highest BCUT2D eigenvalue weighted by Crippen LogP contribution is 2.25.